The summed E-state index contributed by atoms with van der Waals surface area (Å²) in [6.07, 6.45) is 9.11. The van der Waals surface area contributed by atoms with Gasteiger partial charge >= 0.3 is 0 Å². The van der Waals surface area contributed by atoms with Gasteiger partial charge in [-0.15, -0.1) is 0 Å². The molecule has 3 aromatic rings. The molecule has 0 bridgehead atoms. The number of likely N-dealkylation sites (tertiary alicyclic amines) is 1. The quantitative estimate of drug-likeness (QED) is 0.703. The van der Waals surface area contributed by atoms with Gasteiger partial charge in [0.2, 0.25) is 0 Å². The van der Waals surface area contributed by atoms with Gasteiger partial charge < -0.3 is 9.84 Å². The van der Waals surface area contributed by atoms with E-state index in [2.05, 4.69) is 20.0 Å². The van der Waals surface area contributed by atoms with E-state index in [1.807, 2.05) is 53.6 Å². The summed E-state index contributed by atoms with van der Waals surface area (Å²) in [5.74, 6) is 2.70. The molecule has 3 heterocycles. The van der Waals surface area contributed by atoms with Crippen LogP contribution in [0, 0.1) is 11.8 Å². The van der Waals surface area contributed by atoms with Crippen molar-refractivity contribution in [2.24, 2.45) is 11.8 Å². The number of methoxy groups -OCH3 is 1. The van der Waals surface area contributed by atoms with Crippen LogP contribution in [-0.2, 0) is 6.54 Å². The van der Waals surface area contributed by atoms with E-state index in [4.69, 9.17) is 4.74 Å². The van der Waals surface area contributed by atoms with Gasteiger partial charge in [-0.05, 0) is 55.0 Å². The Balaban J connectivity index is 1.22. The summed E-state index contributed by atoms with van der Waals surface area (Å²) in [4.78, 5) is 11.6. The molecule has 4 atom stereocenters. The van der Waals surface area contributed by atoms with Gasteiger partial charge in [-0.2, -0.15) is 5.10 Å². The minimum atomic E-state index is -0.321. The molecule has 0 spiro atoms. The zero-order valence-corrected chi connectivity index (χ0v) is 17.1. The first kappa shape index (κ1) is 19.2. The van der Waals surface area contributed by atoms with E-state index in [-0.39, 0.29) is 12.1 Å². The Morgan fingerprint density at radius 1 is 1.07 bits per heavy atom. The monoisotopic (exact) mass is 405 g/mol. The predicted molar refractivity (Wildman–Crippen MR) is 113 cm³/mol. The number of fused-ring (bicyclic) bond motifs is 1. The Labute approximate surface area is 176 Å². The van der Waals surface area contributed by atoms with Crippen LogP contribution in [0.15, 0.2) is 55.1 Å². The summed E-state index contributed by atoms with van der Waals surface area (Å²) in [6.45, 7) is 2.92. The summed E-state index contributed by atoms with van der Waals surface area (Å²) >= 11 is 0. The largest absolute Gasteiger partial charge is 0.497 e. The van der Waals surface area contributed by atoms with Crippen LogP contribution in [-0.4, -0.2) is 56.1 Å². The highest BCUT2D eigenvalue weighted by Crippen LogP contribution is 2.41. The molecule has 5 rings (SSSR count). The first-order valence-corrected chi connectivity index (χ1v) is 10.5. The number of rotatable bonds is 5. The van der Waals surface area contributed by atoms with Gasteiger partial charge in [-0.1, -0.05) is 0 Å². The molecule has 0 radical (unpaired) electrons. The molecular formula is C23H27N5O2. The Kier molecular flexibility index (Phi) is 5.23. The van der Waals surface area contributed by atoms with E-state index < -0.39 is 0 Å². The van der Waals surface area contributed by atoms with Crippen LogP contribution in [0.1, 0.15) is 24.4 Å². The maximum atomic E-state index is 10.6. The Bertz CT molecular complexity index is 958. The fourth-order valence-corrected chi connectivity index (χ4v) is 4.98. The normalized spacial score (nSPS) is 26.5. The lowest BCUT2D eigenvalue weighted by atomic mass is 9.77. The average molecular weight is 406 g/mol. The number of benzene rings is 1. The summed E-state index contributed by atoms with van der Waals surface area (Å²) in [5, 5.41) is 15.0. The van der Waals surface area contributed by atoms with Crippen molar-refractivity contribution < 1.29 is 9.84 Å². The molecular weight excluding hydrogens is 378 g/mol. The third-order valence-electron chi connectivity index (χ3n) is 6.51. The Morgan fingerprint density at radius 3 is 2.47 bits per heavy atom. The summed E-state index contributed by atoms with van der Waals surface area (Å²) in [7, 11) is 1.66. The molecule has 2 fully saturated rings. The van der Waals surface area contributed by atoms with Gasteiger partial charge in [0.1, 0.15) is 5.75 Å². The lowest BCUT2D eigenvalue weighted by Gasteiger charge is -2.35. The minimum absolute atomic E-state index is 0.0910. The van der Waals surface area contributed by atoms with E-state index in [1.165, 1.54) is 0 Å². The van der Waals surface area contributed by atoms with Crippen molar-refractivity contribution in [3.05, 3.63) is 60.7 Å². The number of aliphatic hydroxyl groups is 1. The van der Waals surface area contributed by atoms with Gasteiger partial charge in [-0.3, -0.25) is 9.58 Å². The molecule has 1 aliphatic carbocycles. The molecule has 7 heteroatoms. The van der Waals surface area contributed by atoms with Gasteiger partial charge in [0, 0.05) is 55.5 Å². The van der Waals surface area contributed by atoms with Crippen molar-refractivity contribution in [1.29, 1.82) is 0 Å². The smallest absolute Gasteiger partial charge is 0.159 e. The maximum Gasteiger partial charge on any atom is 0.159 e. The lowest BCUT2D eigenvalue weighted by molar-refractivity contribution is 0.0306. The van der Waals surface area contributed by atoms with Gasteiger partial charge in [0.15, 0.2) is 5.82 Å². The molecule has 1 N–H and O–H groups in total. The van der Waals surface area contributed by atoms with E-state index in [0.717, 1.165) is 55.2 Å². The molecule has 30 heavy (non-hydrogen) atoms. The number of nitrogens with zero attached hydrogens (tertiary/aromatic N) is 5. The van der Waals surface area contributed by atoms with Gasteiger partial charge in [-0.25, -0.2) is 9.97 Å². The van der Waals surface area contributed by atoms with Crippen molar-refractivity contribution >= 4 is 0 Å². The maximum absolute atomic E-state index is 10.6. The van der Waals surface area contributed by atoms with Crippen LogP contribution < -0.4 is 4.74 Å². The highest BCUT2D eigenvalue weighted by atomic mass is 16.5. The Hall–Kier alpha value is -2.77. The third kappa shape index (κ3) is 3.82. The summed E-state index contributed by atoms with van der Waals surface area (Å²) in [6, 6.07) is 9.80. The molecule has 1 saturated carbocycles. The van der Waals surface area contributed by atoms with Crippen LogP contribution in [0.5, 0.6) is 5.75 Å². The zero-order valence-electron chi connectivity index (χ0n) is 17.1. The van der Waals surface area contributed by atoms with Crippen molar-refractivity contribution in [3.63, 3.8) is 0 Å². The summed E-state index contributed by atoms with van der Waals surface area (Å²) in [5.41, 5.74) is 2.10. The van der Waals surface area contributed by atoms with Crippen molar-refractivity contribution in [1.82, 2.24) is 24.6 Å². The molecule has 7 nitrogen and oxygen atoms in total. The second-order valence-electron chi connectivity index (χ2n) is 8.45. The Morgan fingerprint density at radius 2 is 1.80 bits per heavy atom. The lowest BCUT2D eigenvalue weighted by Crippen LogP contribution is -2.36. The van der Waals surface area contributed by atoms with E-state index in [0.29, 0.717) is 11.8 Å². The predicted octanol–water partition coefficient (Wildman–Crippen LogP) is 2.79. The molecule has 0 unspecified atom stereocenters. The molecule has 1 aliphatic heterocycles. The second-order valence-corrected chi connectivity index (χ2v) is 8.45. The van der Waals surface area contributed by atoms with Crippen molar-refractivity contribution in [2.75, 3.05) is 20.2 Å². The average Bonchev–Trinajstić information content (AvgIpc) is 3.43. The topological polar surface area (TPSA) is 76.3 Å². The zero-order chi connectivity index (χ0) is 20.5. The first-order chi connectivity index (χ1) is 14.7. The molecule has 1 aromatic carbocycles. The number of aromatic nitrogens is 4. The second kappa shape index (κ2) is 8.16. The number of ether oxygens (including phenoxy) is 1. The highest BCUT2D eigenvalue weighted by Gasteiger charge is 2.42. The third-order valence-corrected chi connectivity index (χ3v) is 6.51. The van der Waals surface area contributed by atoms with Crippen molar-refractivity contribution in [2.45, 2.75) is 31.5 Å². The van der Waals surface area contributed by atoms with E-state index in [9.17, 15) is 5.11 Å². The molecule has 156 valence electrons. The molecule has 1 saturated heterocycles. The van der Waals surface area contributed by atoms with E-state index in [1.54, 1.807) is 13.3 Å². The molecule has 2 aromatic heterocycles. The fraction of sp³-hybridized carbons (Fsp3) is 0.435. The number of hydrogen-bond donors (Lipinski definition) is 1. The van der Waals surface area contributed by atoms with Gasteiger partial charge in [0.25, 0.3) is 0 Å². The van der Waals surface area contributed by atoms with E-state index >= 15 is 0 Å². The number of aliphatic hydroxyl groups excluding tert-OH is 1. The van der Waals surface area contributed by atoms with Gasteiger partial charge in [0.05, 0.1) is 19.3 Å². The SMILES string of the molecule is COc1ccc(-c2ncc(CN3C[C@H]4C[C@@H](n5cccn5)[C@H](O)C[C@H]4C3)cn2)cc1. The summed E-state index contributed by atoms with van der Waals surface area (Å²) < 4.78 is 7.13. The minimum Gasteiger partial charge on any atom is -0.497 e. The highest BCUT2D eigenvalue weighted by molar-refractivity contribution is 5.55. The molecule has 2 aliphatic rings. The van der Waals surface area contributed by atoms with Crippen LogP contribution >= 0.6 is 0 Å². The number of hydrogen-bond acceptors (Lipinski definition) is 6. The molecule has 0 amide bonds. The van der Waals surface area contributed by atoms with Crippen LogP contribution in [0.4, 0.5) is 0 Å². The first-order valence-electron chi connectivity index (χ1n) is 10.5. The van der Waals surface area contributed by atoms with Crippen molar-refractivity contribution in [3.8, 4) is 17.1 Å². The van der Waals surface area contributed by atoms with Crippen LogP contribution in [0.2, 0.25) is 0 Å². The standard InChI is InChI=1S/C23H27N5O2/c1-30-20-5-3-17(4-6-20)23-24-11-16(12-25-23)13-27-14-18-9-21(28-8-2-7-26-28)22(29)10-19(18)15-27/h2-8,11-12,18-19,21-22,29H,9-10,13-15H2,1H3/t18-,19+,21-,22-/m1/s1. The van der Waals surface area contributed by atoms with Crippen LogP contribution in [0.25, 0.3) is 11.4 Å². The fourth-order valence-electron chi connectivity index (χ4n) is 4.98. The van der Waals surface area contributed by atoms with Crippen LogP contribution in [0.3, 0.4) is 0 Å².